The number of hydrogen-bond donors (Lipinski definition) is 2. The first-order valence-corrected chi connectivity index (χ1v) is 11.2. The summed E-state index contributed by atoms with van der Waals surface area (Å²) in [6, 6.07) is 4.54. The van der Waals surface area contributed by atoms with E-state index in [2.05, 4.69) is 10.0 Å². The smallest absolute Gasteiger partial charge is 0.256 e. The Labute approximate surface area is 167 Å². The summed E-state index contributed by atoms with van der Waals surface area (Å²) < 4.78 is 40.8. The largest absolute Gasteiger partial charge is 0.385 e. The molecule has 28 heavy (non-hydrogen) atoms. The molecule has 0 radical (unpaired) electrons. The van der Waals surface area contributed by atoms with Crippen LogP contribution in [0.25, 0.3) is 0 Å². The first-order chi connectivity index (χ1) is 12.9. The number of sulfonamides is 1. The van der Waals surface area contributed by atoms with Gasteiger partial charge in [-0.05, 0) is 70.6 Å². The highest BCUT2D eigenvalue weighted by molar-refractivity contribution is 7.90. The van der Waals surface area contributed by atoms with Crippen molar-refractivity contribution in [3.05, 3.63) is 29.6 Å². The number of rotatable bonds is 6. The van der Waals surface area contributed by atoms with Gasteiger partial charge >= 0.3 is 0 Å². The van der Waals surface area contributed by atoms with E-state index in [1.165, 1.54) is 17.0 Å². The summed E-state index contributed by atoms with van der Waals surface area (Å²) in [4.78, 5) is 13.2. The van der Waals surface area contributed by atoms with Crippen molar-refractivity contribution < 1.29 is 17.6 Å². The second-order valence-electron chi connectivity index (χ2n) is 8.73. The van der Waals surface area contributed by atoms with E-state index in [9.17, 15) is 17.6 Å². The van der Waals surface area contributed by atoms with Crippen molar-refractivity contribution in [3.63, 3.8) is 0 Å². The number of carbonyl (C=O) groups excluding carboxylic acids is 1. The van der Waals surface area contributed by atoms with Gasteiger partial charge in [0.15, 0.2) is 0 Å². The van der Waals surface area contributed by atoms with Gasteiger partial charge in [-0.1, -0.05) is 0 Å². The number of halogens is 1. The summed E-state index contributed by atoms with van der Waals surface area (Å²) in [6.45, 7) is 5.78. The highest BCUT2D eigenvalue weighted by atomic mass is 32.2. The molecule has 0 saturated heterocycles. The van der Waals surface area contributed by atoms with Gasteiger partial charge < -0.3 is 10.2 Å². The summed E-state index contributed by atoms with van der Waals surface area (Å²) in [5.74, 6) is -0.495. The predicted molar refractivity (Wildman–Crippen MR) is 110 cm³/mol. The average molecular weight is 414 g/mol. The minimum atomic E-state index is -3.33. The standard InChI is InChI=1S/C20H32FN3O3S/c1-20(2,3)28(26,27)23-15-8-6-14(7-9-15)13-22-16-10-11-17(18(21)12-16)19(25)24(4)5/h10-12,14-15,22-23H,6-9,13H2,1-5H3. The van der Waals surface area contributed by atoms with Crippen molar-refractivity contribution in [1.29, 1.82) is 0 Å². The summed E-state index contributed by atoms with van der Waals surface area (Å²) >= 11 is 0. The Morgan fingerprint density at radius 3 is 2.29 bits per heavy atom. The summed E-state index contributed by atoms with van der Waals surface area (Å²) in [7, 11) is -0.152. The molecule has 1 aromatic carbocycles. The molecular weight excluding hydrogens is 381 g/mol. The maximum Gasteiger partial charge on any atom is 0.256 e. The molecule has 158 valence electrons. The maximum absolute atomic E-state index is 14.2. The number of anilines is 1. The molecule has 0 aromatic heterocycles. The van der Waals surface area contributed by atoms with Crippen molar-refractivity contribution in [3.8, 4) is 0 Å². The molecule has 0 spiro atoms. The Balaban J connectivity index is 1.84. The van der Waals surface area contributed by atoms with Crippen LogP contribution >= 0.6 is 0 Å². The average Bonchev–Trinajstić information content (AvgIpc) is 2.59. The van der Waals surface area contributed by atoms with Gasteiger partial charge in [-0.3, -0.25) is 4.79 Å². The minimum absolute atomic E-state index is 0.0192. The third-order valence-electron chi connectivity index (χ3n) is 5.18. The molecule has 6 nitrogen and oxygen atoms in total. The Hall–Kier alpha value is -1.67. The Bertz CT molecular complexity index is 795. The summed E-state index contributed by atoms with van der Waals surface area (Å²) in [6.07, 6.45) is 3.41. The lowest BCUT2D eigenvalue weighted by atomic mass is 9.86. The van der Waals surface area contributed by atoms with E-state index < -0.39 is 20.6 Å². The lowest BCUT2D eigenvalue weighted by Gasteiger charge is -2.31. The zero-order valence-corrected chi connectivity index (χ0v) is 18.2. The molecule has 0 heterocycles. The third kappa shape index (κ3) is 5.67. The van der Waals surface area contributed by atoms with Crippen LogP contribution in [0.4, 0.5) is 10.1 Å². The fourth-order valence-corrected chi connectivity index (χ4v) is 4.21. The number of nitrogens with zero attached hydrogens (tertiary/aromatic N) is 1. The zero-order chi connectivity index (χ0) is 21.1. The lowest BCUT2D eigenvalue weighted by molar-refractivity contribution is 0.0823. The fourth-order valence-electron chi connectivity index (χ4n) is 3.18. The molecule has 1 fully saturated rings. The van der Waals surface area contributed by atoms with Crippen LogP contribution in [0.2, 0.25) is 0 Å². The summed E-state index contributed by atoms with van der Waals surface area (Å²) in [5.41, 5.74) is 0.700. The van der Waals surface area contributed by atoms with E-state index in [1.54, 1.807) is 40.9 Å². The van der Waals surface area contributed by atoms with Crippen LogP contribution in [0, 0.1) is 11.7 Å². The number of carbonyl (C=O) groups is 1. The van der Waals surface area contributed by atoms with E-state index in [0.717, 1.165) is 25.7 Å². The van der Waals surface area contributed by atoms with Crippen molar-refractivity contribution in [1.82, 2.24) is 9.62 Å². The number of hydrogen-bond acceptors (Lipinski definition) is 4. The van der Waals surface area contributed by atoms with E-state index in [0.29, 0.717) is 18.2 Å². The Morgan fingerprint density at radius 2 is 1.79 bits per heavy atom. The normalized spacial score (nSPS) is 20.6. The number of benzene rings is 1. The molecule has 1 saturated carbocycles. The van der Waals surface area contributed by atoms with Crippen molar-refractivity contribution in [2.24, 2.45) is 5.92 Å². The number of nitrogens with one attached hydrogen (secondary N) is 2. The van der Waals surface area contributed by atoms with Gasteiger partial charge in [-0.15, -0.1) is 0 Å². The van der Waals surface area contributed by atoms with Crippen LogP contribution in [0.3, 0.4) is 0 Å². The zero-order valence-electron chi connectivity index (χ0n) is 17.4. The van der Waals surface area contributed by atoms with Crippen molar-refractivity contribution >= 4 is 21.6 Å². The predicted octanol–water partition coefficient (Wildman–Crippen LogP) is 3.22. The maximum atomic E-state index is 14.2. The molecule has 1 aliphatic rings. The molecule has 2 N–H and O–H groups in total. The number of amides is 1. The fraction of sp³-hybridized carbons (Fsp3) is 0.650. The van der Waals surface area contributed by atoms with E-state index in [4.69, 9.17) is 0 Å². The van der Waals surface area contributed by atoms with Crippen LogP contribution in [0.15, 0.2) is 18.2 Å². The Kier molecular flexibility index (Phi) is 7.09. The van der Waals surface area contributed by atoms with Crippen LogP contribution in [-0.4, -0.2) is 50.7 Å². The molecule has 1 amide bonds. The van der Waals surface area contributed by atoms with E-state index in [1.807, 2.05) is 0 Å². The van der Waals surface area contributed by atoms with Gasteiger partial charge in [-0.2, -0.15) is 0 Å². The van der Waals surface area contributed by atoms with Gasteiger partial charge in [0.2, 0.25) is 10.0 Å². The molecule has 0 atom stereocenters. The minimum Gasteiger partial charge on any atom is -0.385 e. The molecule has 0 aliphatic heterocycles. The van der Waals surface area contributed by atoms with Crippen LogP contribution in [0.5, 0.6) is 0 Å². The third-order valence-corrected chi connectivity index (χ3v) is 7.43. The SMILES string of the molecule is CN(C)C(=O)c1ccc(NCC2CCC(NS(=O)(=O)C(C)(C)C)CC2)cc1F. The van der Waals surface area contributed by atoms with Crippen LogP contribution in [0.1, 0.15) is 56.8 Å². The van der Waals surface area contributed by atoms with Gasteiger partial charge in [0, 0.05) is 32.4 Å². The lowest BCUT2D eigenvalue weighted by Crippen LogP contribution is -2.46. The topological polar surface area (TPSA) is 78.5 Å². The van der Waals surface area contributed by atoms with Crippen molar-refractivity contribution in [2.45, 2.75) is 57.2 Å². The highest BCUT2D eigenvalue weighted by Crippen LogP contribution is 2.27. The van der Waals surface area contributed by atoms with E-state index in [-0.39, 0.29) is 17.5 Å². The monoisotopic (exact) mass is 413 g/mol. The molecule has 8 heteroatoms. The summed E-state index contributed by atoms with van der Waals surface area (Å²) in [5, 5.41) is 3.23. The van der Waals surface area contributed by atoms with Crippen LogP contribution in [-0.2, 0) is 10.0 Å². The molecule has 1 aliphatic carbocycles. The first kappa shape index (κ1) is 22.6. The van der Waals surface area contributed by atoms with E-state index >= 15 is 0 Å². The van der Waals surface area contributed by atoms with Gasteiger partial charge in [-0.25, -0.2) is 17.5 Å². The van der Waals surface area contributed by atoms with Crippen LogP contribution < -0.4 is 10.0 Å². The second kappa shape index (κ2) is 8.78. The van der Waals surface area contributed by atoms with Crippen molar-refractivity contribution in [2.75, 3.05) is 26.0 Å². The molecule has 1 aromatic rings. The Morgan fingerprint density at radius 1 is 1.18 bits per heavy atom. The molecule has 0 unspecified atom stereocenters. The first-order valence-electron chi connectivity index (χ1n) is 9.67. The molecule has 0 bridgehead atoms. The molecule has 2 rings (SSSR count). The van der Waals surface area contributed by atoms with Gasteiger partial charge in [0.05, 0.1) is 10.3 Å². The van der Waals surface area contributed by atoms with Gasteiger partial charge in [0.25, 0.3) is 5.91 Å². The van der Waals surface area contributed by atoms with Gasteiger partial charge in [0.1, 0.15) is 5.82 Å². The highest BCUT2D eigenvalue weighted by Gasteiger charge is 2.32. The second-order valence-corrected chi connectivity index (χ2v) is 11.2. The molecular formula is C20H32FN3O3S. The quantitative estimate of drug-likeness (QED) is 0.751.